The standard InChI is InChI=1S/C14H16F3N3O2/c1-4-7-18-12-8-5-6-9(21-2)11(22-3)10(8)19-13(20-12)14(15,16)17/h5-6H,4,7H2,1-3H3,(H,18,19,20). The number of rotatable bonds is 5. The van der Waals surface area contributed by atoms with Gasteiger partial charge >= 0.3 is 6.18 Å². The zero-order chi connectivity index (χ0) is 16.3. The van der Waals surface area contributed by atoms with Crippen molar-refractivity contribution in [3.8, 4) is 11.5 Å². The number of fused-ring (bicyclic) bond motifs is 1. The van der Waals surface area contributed by atoms with Crippen LogP contribution in [-0.4, -0.2) is 30.7 Å². The summed E-state index contributed by atoms with van der Waals surface area (Å²) in [6, 6.07) is 3.21. The van der Waals surface area contributed by atoms with E-state index in [1.807, 2.05) is 6.92 Å². The summed E-state index contributed by atoms with van der Waals surface area (Å²) in [4.78, 5) is 7.21. The highest BCUT2D eigenvalue weighted by molar-refractivity contribution is 5.95. The van der Waals surface area contributed by atoms with E-state index < -0.39 is 12.0 Å². The minimum atomic E-state index is -4.65. The fourth-order valence-electron chi connectivity index (χ4n) is 2.01. The average Bonchev–Trinajstić information content (AvgIpc) is 2.49. The highest BCUT2D eigenvalue weighted by atomic mass is 19.4. The predicted octanol–water partition coefficient (Wildman–Crippen LogP) is 3.49. The zero-order valence-corrected chi connectivity index (χ0v) is 12.4. The summed E-state index contributed by atoms with van der Waals surface area (Å²) in [5.74, 6) is -0.638. The molecule has 0 amide bonds. The Morgan fingerprint density at radius 2 is 1.86 bits per heavy atom. The molecule has 22 heavy (non-hydrogen) atoms. The van der Waals surface area contributed by atoms with Crippen molar-refractivity contribution in [3.63, 3.8) is 0 Å². The van der Waals surface area contributed by atoms with E-state index in [9.17, 15) is 13.2 Å². The first-order chi connectivity index (χ1) is 10.4. The molecule has 1 N–H and O–H groups in total. The molecule has 0 atom stereocenters. The molecule has 0 bridgehead atoms. The summed E-state index contributed by atoms with van der Waals surface area (Å²) < 4.78 is 49.3. The van der Waals surface area contributed by atoms with Gasteiger partial charge in [-0.05, 0) is 18.6 Å². The van der Waals surface area contributed by atoms with Gasteiger partial charge in [0.15, 0.2) is 11.5 Å². The summed E-state index contributed by atoms with van der Waals surface area (Å²) in [6.07, 6.45) is -3.90. The third-order valence-corrected chi connectivity index (χ3v) is 3.01. The molecule has 2 aromatic rings. The molecular weight excluding hydrogens is 299 g/mol. The minimum Gasteiger partial charge on any atom is -0.493 e. The van der Waals surface area contributed by atoms with E-state index in [0.29, 0.717) is 17.7 Å². The summed E-state index contributed by atoms with van der Waals surface area (Å²) in [7, 11) is 2.76. The van der Waals surface area contributed by atoms with Crippen molar-refractivity contribution < 1.29 is 22.6 Å². The molecule has 0 spiro atoms. The normalized spacial score (nSPS) is 11.5. The molecule has 1 heterocycles. The van der Waals surface area contributed by atoms with Gasteiger partial charge in [0.05, 0.1) is 14.2 Å². The molecular formula is C14H16F3N3O2. The lowest BCUT2D eigenvalue weighted by Gasteiger charge is -2.15. The summed E-state index contributed by atoms with van der Waals surface area (Å²) >= 11 is 0. The van der Waals surface area contributed by atoms with E-state index in [-0.39, 0.29) is 17.1 Å². The van der Waals surface area contributed by atoms with Gasteiger partial charge in [-0.3, -0.25) is 0 Å². The highest BCUT2D eigenvalue weighted by Crippen LogP contribution is 2.38. The topological polar surface area (TPSA) is 56.3 Å². The molecule has 120 valence electrons. The zero-order valence-electron chi connectivity index (χ0n) is 12.4. The van der Waals surface area contributed by atoms with Gasteiger partial charge in [-0.25, -0.2) is 9.97 Å². The first-order valence-electron chi connectivity index (χ1n) is 6.66. The van der Waals surface area contributed by atoms with E-state index in [2.05, 4.69) is 15.3 Å². The van der Waals surface area contributed by atoms with E-state index in [0.717, 1.165) is 6.42 Å². The van der Waals surface area contributed by atoms with Gasteiger partial charge in [0.2, 0.25) is 5.82 Å². The lowest BCUT2D eigenvalue weighted by Crippen LogP contribution is -2.14. The number of halogens is 3. The molecule has 0 radical (unpaired) electrons. The van der Waals surface area contributed by atoms with Crippen LogP contribution in [0.5, 0.6) is 11.5 Å². The molecule has 0 unspecified atom stereocenters. The monoisotopic (exact) mass is 315 g/mol. The van der Waals surface area contributed by atoms with Crippen molar-refractivity contribution in [2.75, 3.05) is 26.1 Å². The fourth-order valence-corrected chi connectivity index (χ4v) is 2.01. The fraction of sp³-hybridized carbons (Fsp3) is 0.429. The lowest BCUT2D eigenvalue weighted by atomic mass is 10.2. The minimum absolute atomic E-state index is 0.0581. The van der Waals surface area contributed by atoms with Crippen molar-refractivity contribution in [2.45, 2.75) is 19.5 Å². The van der Waals surface area contributed by atoms with Crippen molar-refractivity contribution in [1.82, 2.24) is 9.97 Å². The maximum absolute atomic E-state index is 13.0. The van der Waals surface area contributed by atoms with Crippen LogP contribution in [0.4, 0.5) is 19.0 Å². The smallest absolute Gasteiger partial charge is 0.451 e. The summed E-state index contributed by atoms with van der Waals surface area (Å²) in [5, 5.41) is 3.33. The van der Waals surface area contributed by atoms with Crippen LogP contribution in [0.3, 0.4) is 0 Å². The van der Waals surface area contributed by atoms with Crippen molar-refractivity contribution in [3.05, 3.63) is 18.0 Å². The predicted molar refractivity (Wildman–Crippen MR) is 76.4 cm³/mol. The number of ether oxygens (including phenoxy) is 2. The van der Waals surface area contributed by atoms with Crippen molar-refractivity contribution in [1.29, 1.82) is 0 Å². The largest absolute Gasteiger partial charge is 0.493 e. The summed E-state index contributed by atoms with van der Waals surface area (Å²) in [5.41, 5.74) is 0.0581. The Kier molecular flexibility index (Phi) is 4.58. The Morgan fingerprint density at radius 3 is 2.41 bits per heavy atom. The molecule has 1 aromatic carbocycles. The molecule has 0 saturated carbocycles. The van der Waals surface area contributed by atoms with Crippen LogP contribution >= 0.6 is 0 Å². The van der Waals surface area contributed by atoms with Crippen LogP contribution in [0, 0.1) is 0 Å². The molecule has 0 fully saturated rings. The Labute approximate surface area is 125 Å². The Bertz CT molecular complexity index is 674. The van der Waals surface area contributed by atoms with Crippen LogP contribution < -0.4 is 14.8 Å². The van der Waals surface area contributed by atoms with Crippen LogP contribution in [0.2, 0.25) is 0 Å². The van der Waals surface area contributed by atoms with Crippen LogP contribution in [0.25, 0.3) is 10.9 Å². The van der Waals surface area contributed by atoms with Crippen LogP contribution in [0.15, 0.2) is 12.1 Å². The third-order valence-electron chi connectivity index (χ3n) is 3.01. The maximum atomic E-state index is 13.0. The number of alkyl halides is 3. The van der Waals surface area contributed by atoms with Crippen LogP contribution in [0.1, 0.15) is 19.2 Å². The number of hydrogen-bond acceptors (Lipinski definition) is 5. The number of benzene rings is 1. The van der Waals surface area contributed by atoms with Gasteiger partial charge in [-0.1, -0.05) is 6.92 Å². The molecule has 8 heteroatoms. The van der Waals surface area contributed by atoms with Crippen molar-refractivity contribution in [2.24, 2.45) is 0 Å². The number of nitrogens with zero attached hydrogens (tertiary/aromatic N) is 2. The first kappa shape index (κ1) is 16.1. The van der Waals surface area contributed by atoms with E-state index >= 15 is 0 Å². The Balaban J connectivity index is 2.75. The van der Waals surface area contributed by atoms with Gasteiger partial charge in [-0.2, -0.15) is 13.2 Å². The quantitative estimate of drug-likeness (QED) is 0.915. The third kappa shape index (κ3) is 3.00. The Morgan fingerprint density at radius 1 is 1.14 bits per heavy atom. The van der Waals surface area contributed by atoms with Crippen LogP contribution in [-0.2, 0) is 6.18 Å². The van der Waals surface area contributed by atoms with Gasteiger partial charge in [-0.15, -0.1) is 0 Å². The van der Waals surface area contributed by atoms with Gasteiger partial charge in [0.25, 0.3) is 0 Å². The number of nitrogens with one attached hydrogen (secondary N) is 1. The average molecular weight is 315 g/mol. The highest BCUT2D eigenvalue weighted by Gasteiger charge is 2.36. The molecule has 5 nitrogen and oxygen atoms in total. The second kappa shape index (κ2) is 6.25. The maximum Gasteiger partial charge on any atom is 0.451 e. The first-order valence-corrected chi connectivity index (χ1v) is 6.66. The van der Waals surface area contributed by atoms with Gasteiger partial charge < -0.3 is 14.8 Å². The number of methoxy groups -OCH3 is 2. The van der Waals surface area contributed by atoms with Crippen molar-refractivity contribution >= 4 is 16.7 Å². The SMILES string of the molecule is CCCNc1nc(C(F)(F)F)nc2c(OC)c(OC)ccc12. The van der Waals surface area contributed by atoms with E-state index in [1.165, 1.54) is 14.2 Å². The lowest BCUT2D eigenvalue weighted by molar-refractivity contribution is -0.144. The molecule has 0 aliphatic rings. The number of hydrogen-bond donors (Lipinski definition) is 1. The van der Waals surface area contributed by atoms with Gasteiger partial charge in [0.1, 0.15) is 11.3 Å². The molecule has 2 rings (SSSR count). The molecule has 0 aliphatic heterocycles. The second-order valence-corrected chi connectivity index (χ2v) is 4.52. The number of aromatic nitrogens is 2. The van der Waals surface area contributed by atoms with E-state index in [4.69, 9.17) is 9.47 Å². The second-order valence-electron chi connectivity index (χ2n) is 4.52. The molecule has 0 saturated heterocycles. The van der Waals surface area contributed by atoms with Gasteiger partial charge in [0, 0.05) is 11.9 Å². The summed E-state index contributed by atoms with van der Waals surface area (Å²) in [6.45, 7) is 2.41. The molecule has 1 aromatic heterocycles. The van der Waals surface area contributed by atoms with E-state index in [1.54, 1.807) is 12.1 Å². The Hall–Kier alpha value is -2.25. The molecule has 0 aliphatic carbocycles. The number of anilines is 1.